The van der Waals surface area contributed by atoms with Crippen LogP contribution in [0.2, 0.25) is 0 Å². The van der Waals surface area contributed by atoms with Crippen LogP contribution in [0.4, 0.5) is 11.4 Å². The Morgan fingerprint density at radius 2 is 1.49 bits per heavy atom. The number of nitro groups is 1. The zero-order valence-corrected chi connectivity index (χ0v) is 21.6. The maximum Gasteiger partial charge on any atom is 0.343 e. The summed E-state index contributed by atoms with van der Waals surface area (Å²) < 4.78 is 11.0. The van der Waals surface area contributed by atoms with Gasteiger partial charge in [-0.2, -0.15) is 0 Å². The van der Waals surface area contributed by atoms with E-state index in [0.29, 0.717) is 22.1 Å². The summed E-state index contributed by atoms with van der Waals surface area (Å²) in [6.45, 7) is 0. The van der Waals surface area contributed by atoms with Crippen molar-refractivity contribution in [3.05, 3.63) is 106 Å². The van der Waals surface area contributed by atoms with E-state index in [-0.39, 0.29) is 40.1 Å². The second-order valence-corrected chi connectivity index (χ2v) is 9.91. The summed E-state index contributed by atoms with van der Waals surface area (Å²) in [4.78, 5) is 63.6. The lowest BCUT2D eigenvalue weighted by Gasteiger charge is -2.27. The summed E-state index contributed by atoms with van der Waals surface area (Å²) in [5, 5.41) is 11.9. The highest BCUT2D eigenvalue weighted by atomic mass is 16.6. The number of carbonyl (C=O) groups is 4. The third-order valence-electron chi connectivity index (χ3n) is 7.34. The van der Waals surface area contributed by atoms with Crippen molar-refractivity contribution >= 4 is 45.9 Å². The Kier molecular flexibility index (Phi) is 6.50. The lowest BCUT2D eigenvalue weighted by atomic mass is 9.93. The minimum Gasteiger partial charge on any atom is -0.426 e. The predicted octanol–water partition coefficient (Wildman–Crippen LogP) is 5.86. The Morgan fingerprint density at radius 1 is 0.805 bits per heavy atom. The maximum atomic E-state index is 13.7. The molecule has 0 spiro atoms. The molecule has 10 heteroatoms. The number of ether oxygens (including phenoxy) is 2. The standard InChI is InChI=1S/C31H22N2O8/c34-28-25-7-3-6-20-16-24(41-31(37)19-8-10-22(11-9-19)33(38)39)17-26(27(20)25)29(35)32(28)21-12-14-23(15-13-21)40-30(36)18-4-1-2-5-18/h3,6-18H,1-2,4-5H2. The van der Waals surface area contributed by atoms with Gasteiger partial charge in [0.05, 0.1) is 27.7 Å². The van der Waals surface area contributed by atoms with Crippen LogP contribution in [0.3, 0.4) is 0 Å². The SMILES string of the molecule is O=C(Oc1cc2c3c(cccc3c1)C(=O)N(c1ccc(OC(=O)C3CCCC3)cc1)C2=O)c1ccc([N+](=O)[O-])cc1. The first-order chi connectivity index (χ1) is 19.8. The van der Waals surface area contributed by atoms with Gasteiger partial charge in [-0.15, -0.1) is 0 Å². The van der Waals surface area contributed by atoms with Gasteiger partial charge in [0.1, 0.15) is 11.5 Å². The zero-order valence-electron chi connectivity index (χ0n) is 21.6. The van der Waals surface area contributed by atoms with Gasteiger partial charge in [-0.05, 0) is 72.8 Å². The average Bonchev–Trinajstić information content (AvgIpc) is 3.52. The average molecular weight is 551 g/mol. The van der Waals surface area contributed by atoms with Crippen molar-refractivity contribution in [1.29, 1.82) is 0 Å². The zero-order chi connectivity index (χ0) is 28.7. The second kappa shape index (κ2) is 10.3. The number of benzene rings is 4. The van der Waals surface area contributed by atoms with Crippen molar-refractivity contribution in [3.8, 4) is 11.5 Å². The molecule has 0 aromatic heterocycles. The molecule has 4 aromatic rings. The number of rotatable bonds is 6. The van der Waals surface area contributed by atoms with Crippen LogP contribution in [0.25, 0.3) is 10.8 Å². The molecule has 10 nitrogen and oxygen atoms in total. The van der Waals surface area contributed by atoms with Crippen molar-refractivity contribution in [2.24, 2.45) is 5.92 Å². The van der Waals surface area contributed by atoms with E-state index in [2.05, 4.69) is 0 Å². The molecule has 2 amide bonds. The number of anilines is 1. The Balaban J connectivity index is 1.28. The van der Waals surface area contributed by atoms with Crippen LogP contribution >= 0.6 is 0 Å². The molecule has 0 N–H and O–H groups in total. The van der Waals surface area contributed by atoms with Crippen molar-refractivity contribution in [2.75, 3.05) is 4.90 Å². The quantitative estimate of drug-likeness (QED) is 0.0958. The van der Waals surface area contributed by atoms with Crippen molar-refractivity contribution in [1.82, 2.24) is 0 Å². The number of nitrogens with zero attached hydrogens (tertiary/aromatic N) is 2. The molecule has 2 aliphatic rings. The Bertz CT molecular complexity index is 1740. The van der Waals surface area contributed by atoms with Crippen LogP contribution in [0.1, 0.15) is 56.8 Å². The van der Waals surface area contributed by atoms with E-state index in [4.69, 9.17) is 9.47 Å². The van der Waals surface area contributed by atoms with E-state index in [1.165, 1.54) is 42.5 Å². The van der Waals surface area contributed by atoms with E-state index in [1.54, 1.807) is 36.4 Å². The topological polar surface area (TPSA) is 133 Å². The van der Waals surface area contributed by atoms with Crippen molar-refractivity contribution in [2.45, 2.75) is 25.7 Å². The summed E-state index contributed by atoms with van der Waals surface area (Å²) >= 11 is 0. The van der Waals surface area contributed by atoms with Crippen molar-refractivity contribution in [3.63, 3.8) is 0 Å². The molecule has 1 aliphatic heterocycles. The summed E-state index contributed by atoms with van der Waals surface area (Å²) in [6, 6.07) is 19.1. The molecule has 6 rings (SSSR count). The largest absolute Gasteiger partial charge is 0.426 e. The minimum atomic E-state index is -0.762. The fraction of sp³-hybridized carbons (Fsp3) is 0.161. The molecule has 1 heterocycles. The molecular formula is C31H22N2O8. The third kappa shape index (κ3) is 4.80. The van der Waals surface area contributed by atoms with E-state index < -0.39 is 22.7 Å². The minimum absolute atomic E-state index is 0.0739. The van der Waals surface area contributed by atoms with Gasteiger partial charge in [0.15, 0.2) is 0 Å². The van der Waals surface area contributed by atoms with Gasteiger partial charge in [-0.25, -0.2) is 9.69 Å². The molecular weight excluding hydrogens is 528 g/mol. The molecule has 0 unspecified atom stereocenters. The lowest BCUT2D eigenvalue weighted by molar-refractivity contribution is -0.384. The van der Waals surface area contributed by atoms with E-state index in [1.807, 2.05) is 0 Å². The maximum absolute atomic E-state index is 13.7. The highest BCUT2D eigenvalue weighted by Gasteiger charge is 2.35. The summed E-state index contributed by atoms with van der Waals surface area (Å²) in [7, 11) is 0. The number of amides is 2. The van der Waals surface area contributed by atoms with Gasteiger partial charge in [0.2, 0.25) is 0 Å². The van der Waals surface area contributed by atoms with Crippen LogP contribution in [-0.2, 0) is 4.79 Å². The molecule has 0 saturated heterocycles. The molecule has 1 aliphatic carbocycles. The number of carbonyl (C=O) groups excluding carboxylic acids is 4. The first kappa shape index (κ1) is 25.9. The predicted molar refractivity (Wildman–Crippen MR) is 147 cm³/mol. The molecule has 0 atom stereocenters. The van der Waals surface area contributed by atoms with Crippen molar-refractivity contribution < 1.29 is 33.6 Å². The van der Waals surface area contributed by atoms with Crippen LogP contribution in [0.5, 0.6) is 11.5 Å². The number of nitro benzene ring substituents is 1. The third-order valence-corrected chi connectivity index (χ3v) is 7.34. The summed E-state index contributed by atoms with van der Waals surface area (Å²) in [5.74, 6) is -1.88. The van der Waals surface area contributed by atoms with Crippen LogP contribution in [-0.4, -0.2) is 28.7 Å². The first-order valence-corrected chi connectivity index (χ1v) is 13.0. The molecule has 0 bridgehead atoms. The number of imide groups is 1. The Labute approximate surface area is 233 Å². The van der Waals surface area contributed by atoms with Crippen LogP contribution < -0.4 is 14.4 Å². The smallest absolute Gasteiger partial charge is 0.343 e. The van der Waals surface area contributed by atoms with Crippen LogP contribution in [0, 0.1) is 16.0 Å². The number of esters is 2. The fourth-order valence-corrected chi connectivity index (χ4v) is 5.28. The summed E-state index contributed by atoms with van der Waals surface area (Å²) in [6.07, 6.45) is 3.63. The second-order valence-electron chi connectivity index (χ2n) is 9.91. The lowest BCUT2D eigenvalue weighted by Crippen LogP contribution is -2.40. The van der Waals surface area contributed by atoms with Crippen LogP contribution in [0.15, 0.2) is 78.9 Å². The highest BCUT2D eigenvalue weighted by molar-refractivity contribution is 6.36. The Morgan fingerprint density at radius 3 is 2.17 bits per heavy atom. The Hall–Kier alpha value is -5.38. The van der Waals surface area contributed by atoms with Gasteiger partial charge < -0.3 is 9.47 Å². The van der Waals surface area contributed by atoms with Gasteiger partial charge >= 0.3 is 11.9 Å². The molecule has 1 saturated carbocycles. The van der Waals surface area contributed by atoms with E-state index in [0.717, 1.165) is 30.6 Å². The van der Waals surface area contributed by atoms with Gasteiger partial charge in [0, 0.05) is 23.1 Å². The molecule has 41 heavy (non-hydrogen) atoms. The first-order valence-electron chi connectivity index (χ1n) is 13.0. The molecule has 204 valence electrons. The molecule has 1 fully saturated rings. The molecule has 4 aromatic carbocycles. The number of non-ortho nitro benzene ring substituents is 1. The van der Waals surface area contributed by atoms with Gasteiger partial charge in [-0.1, -0.05) is 25.0 Å². The normalized spacial score (nSPS) is 14.8. The molecule has 0 radical (unpaired) electrons. The van der Waals surface area contributed by atoms with Gasteiger partial charge in [0.25, 0.3) is 17.5 Å². The monoisotopic (exact) mass is 550 g/mol. The number of hydrogen-bond acceptors (Lipinski definition) is 8. The number of hydrogen-bond donors (Lipinski definition) is 0. The van der Waals surface area contributed by atoms with E-state index >= 15 is 0 Å². The summed E-state index contributed by atoms with van der Waals surface area (Å²) in [5.41, 5.74) is 0.689. The van der Waals surface area contributed by atoms with Gasteiger partial charge in [-0.3, -0.25) is 24.5 Å². The highest BCUT2D eigenvalue weighted by Crippen LogP contribution is 2.36. The van der Waals surface area contributed by atoms with E-state index in [9.17, 15) is 29.3 Å². The fourth-order valence-electron chi connectivity index (χ4n) is 5.28.